The summed E-state index contributed by atoms with van der Waals surface area (Å²) < 4.78 is 40.8. The zero-order chi connectivity index (χ0) is 24.4. The molecule has 0 aliphatic carbocycles. The van der Waals surface area contributed by atoms with Crippen LogP contribution in [0.4, 0.5) is 24.5 Å². The van der Waals surface area contributed by atoms with Crippen LogP contribution in [0, 0.1) is 0 Å². The van der Waals surface area contributed by atoms with Crippen molar-refractivity contribution in [2.75, 3.05) is 10.3 Å². The standard InChI is InChI=1S/C22H20F3N5O.C2H6/c1-15(4-3-11-26-2)19-14-20(22(23,24)25)30(29-19)18-7-5-16(6-8-18)21(31)28-17-9-12-27-13-10-17;1-2/h3-14,19,29H,2H2,1H3,(H,27,28,31);1-2H3/b11-3-,15-4+;. The highest BCUT2D eigenvalue weighted by Gasteiger charge is 2.43. The highest BCUT2D eigenvalue weighted by molar-refractivity contribution is 6.04. The summed E-state index contributed by atoms with van der Waals surface area (Å²) in [4.78, 5) is 19.8. The summed E-state index contributed by atoms with van der Waals surface area (Å²) in [6, 6.07) is 8.47. The number of carbonyl (C=O) groups is 1. The summed E-state index contributed by atoms with van der Waals surface area (Å²) in [6.45, 7) is 9.03. The first-order valence-corrected chi connectivity index (χ1v) is 10.3. The molecule has 0 saturated heterocycles. The second kappa shape index (κ2) is 11.8. The zero-order valence-electron chi connectivity index (χ0n) is 18.6. The van der Waals surface area contributed by atoms with Gasteiger partial charge in [0.15, 0.2) is 0 Å². The van der Waals surface area contributed by atoms with Crippen LogP contribution < -0.4 is 15.8 Å². The van der Waals surface area contributed by atoms with Crippen LogP contribution in [0.3, 0.4) is 0 Å². The van der Waals surface area contributed by atoms with Crippen LogP contribution in [0.15, 0.2) is 89.5 Å². The lowest BCUT2D eigenvalue weighted by Gasteiger charge is -2.25. The Kier molecular flexibility index (Phi) is 9.11. The number of benzene rings is 1. The van der Waals surface area contributed by atoms with Crippen molar-refractivity contribution >= 4 is 24.0 Å². The summed E-state index contributed by atoms with van der Waals surface area (Å²) in [5.74, 6) is -0.377. The molecule has 1 atom stereocenters. The van der Waals surface area contributed by atoms with Crippen molar-refractivity contribution < 1.29 is 18.0 Å². The van der Waals surface area contributed by atoms with E-state index in [0.29, 0.717) is 16.8 Å². The second-order valence-electron chi connectivity index (χ2n) is 6.66. The molecule has 6 nitrogen and oxygen atoms in total. The van der Waals surface area contributed by atoms with Gasteiger partial charge in [0.2, 0.25) is 0 Å². The van der Waals surface area contributed by atoms with Gasteiger partial charge in [0.05, 0.1) is 11.7 Å². The Morgan fingerprint density at radius 1 is 1.18 bits per heavy atom. The smallest absolute Gasteiger partial charge is 0.322 e. The van der Waals surface area contributed by atoms with Crippen LogP contribution in [-0.4, -0.2) is 29.8 Å². The van der Waals surface area contributed by atoms with Gasteiger partial charge >= 0.3 is 6.18 Å². The minimum atomic E-state index is -4.56. The lowest BCUT2D eigenvalue weighted by atomic mass is 10.1. The number of aliphatic imine (C=N–C) groups is 1. The van der Waals surface area contributed by atoms with Gasteiger partial charge in [-0.1, -0.05) is 25.5 Å². The first-order valence-electron chi connectivity index (χ1n) is 10.3. The number of allylic oxidation sites excluding steroid dienone is 3. The summed E-state index contributed by atoms with van der Waals surface area (Å²) in [5.41, 5.74) is 3.81. The van der Waals surface area contributed by atoms with Crippen LogP contribution in [0.5, 0.6) is 0 Å². The van der Waals surface area contributed by atoms with Gasteiger partial charge in [0, 0.05) is 29.8 Å². The number of hydrogen-bond donors (Lipinski definition) is 2. The molecule has 0 radical (unpaired) electrons. The average molecular weight is 458 g/mol. The van der Waals surface area contributed by atoms with Crippen molar-refractivity contribution in [3.63, 3.8) is 0 Å². The third kappa shape index (κ3) is 6.88. The molecule has 3 rings (SSSR count). The van der Waals surface area contributed by atoms with Crippen LogP contribution in [0.2, 0.25) is 0 Å². The van der Waals surface area contributed by atoms with Gasteiger partial charge in [-0.25, -0.2) is 5.43 Å². The normalized spacial score (nSPS) is 16.2. The number of pyridine rings is 1. The highest BCUT2D eigenvalue weighted by Crippen LogP contribution is 2.35. The fourth-order valence-corrected chi connectivity index (χ4v) is 2.91. The van der Waals surface area contributed by atoms with E-state index in [1.165, 1.54) is 30.5 Å². The number of carbonyl (C=O) groups excluding carboxylic acids is 1. The predicted octanol–water partition coefficient (Wildman–Crippen LogP) is 5.66. The van der Waals surface area contributed by atoms with Crippen LogP contribution >= 0.6 is 0 Å². The minimum absolute atomic E-state index is 0.252. The first kappa shape index (κ1) is 25.5. The third-order valence-electron chi connectivity index (χ3n) is 4.49. The van der Waals surface area contributed by atoms with E-state index < -0.39 is 17.9 Å². The Hall–Kier alpha value is -3.72. The van der Waals surface area contributed by atoms with Crippen LogP contribution in [-0.2, 0) is 0 Å². The Labute approximate surface area is 191 Å². The van der Waals surface area contributed by atoms with Crippen molar-refractivity contribution in [2.45, 2.75) is 33.0 Å². The van der Waals surface area contributed by atoms with Crippen LogP contribution in [0.1, 0.15) is 31.1 Å². The number of hydrazine groups is 1. The molecule has 2 N–H and O–H groups in total. The van der Waals surface area contributed by atoms with Gasteiger partial charge in [-0.05, 0) is 62.2 Å². The molecule has 2 heterocycles. The second-order valence-corrected chi connectivity index (χ2v) is 6.66. The number of nitrogens with one attached hydrogen (secondary N) is 2. The number of aromatic nitrogens is 1. The Bertz CT molecular complexity index is 1030. The Morgan fingerprint density at radius 2 is 1.82 bits per heavy atom. The maximum absolute atomic E-state index is 13.6. The van der Waals surface area contributed by atoms with E-state index in [1.54, 1.807) is 43.6 Å². The predicted molar refractivity (Wildman–Crippen MR) is 126 cm³/mol. The summed E-state index contributed by atoms with van der Waals surface area (Å²) >= 11 is 0. The van der Waals surface area contributed by atoms with E-state index in [0.717, 1.165) is 11.1 Å². The maximum atomic E-state index is 13.6. The van der Waals surface area contributed by atoms with Gasteiger partial charge < -0.3 is 5.32 Å². The number of halogens is 3. The highest BCUT2D eigenvalue weighted by atomic mass is 19.4. The van der Waals surface area contributed by atoms with Gasteiger partial charge in [0.1, 0.15) is 5.70 Å². The third-order valence-corrected chi connectivity index (χ3v) is 4.49. The van der Waals surface area contributed by atoms with Gasteiger partial charge in [-0.2, -0.15) is 13.2 Å². The molecule has 2 aromatic rings. The summed E-state index contributed by atoms with van der Waals surface area (Å²) in [6.07, 6.45) is 4.35. The molecule has 33 heavy (non-hydrogen) atoms. The molecule has 1 aromatic heterocycles. The molecule has 1 amide bonds. The average Bonchev–Trinajstić information content (AvgIpc) is 3.28. The van der Waals surface area contributed by atoms with E-state index in [9.17, 15) is 18.0 Å². The first-order chi connectivity index (χ1) is 15.8. The van der Waals surface area contributed by atoms with E-state index in [2.05, 4.69) is 27.4 Å². The molecule has 9 heteroatoms. The Balaban J connectivity index is 0.00000187. The number of hydrogen-bond acceptors (Lipinski definition) is 5. The van der Waals surface area contributed by atoms with Crippen molar-refractivity contribution in [1.82, 2.24) is 10.4 Å². The SMILES string of the molecule is C=N/C=C\C=C(/C)C1C=C(C(F)(F)F)N(c2ccc(C(=O)Nc3ccncc3)cc2)N1.CC. The number of alkyl halides is 3. The number of anilines is 2. The molecular formula is C24H26F3N5O. The molecule has 0 bridgehead atoms. The lowest BCUT2D eigenvalue weighted by Crippen LogP contribution is -2.40. The van der Waals surface area contributed by atoms with Crippen molar-refractivity contribution in [3.05, 3.63) is 90.1 Å². The Morgan fingerprint density at radius 3 is 2.39 bits per heavy atom. The van der Waals surface area contributed by atoms with E-state index in [-0.39, 0.29) is 11.6 Å². The van der Waals surface area contributed by atoms with Crippen molar-refractivity contribution in [3.8, 4) is 0 Å². The molecule has 1 aliphatic rings. The quantitative estimate of drug-likeness (QED) is 0.434. The van der Waals surface area contributed by atoms with Gasteiger partial charge in [-0.15, -0.1) is 0 Å². The molecule has 1 aromatic carbocycles. The van der Waals surface area contributed by atoms with E-state index >= 15 is 0 Å². The molecular weight excluding hydrogens is 431 g/mol. The van der Waals surface area contributed by atoms with Crippen molar-refractivity contribution in [2.24, 2.45) is 4.99 Å². The van der Waals surface area contributed by atoms with Gasteiger partial charge in [-0.3, -0.25) is 19.8 Å². The van der Waals surface area contributed by atoms with Crippen molar-refractivity contribution in [1.29, 1.82) is 0 Å². The minimum Gasteiger partial charge on any atom is -0.322 e. The zero-order valence-corrected chi connectivity index (χ0v) is 18.6. The molecule has 0 fully saturated rings. The van der Waals surface area contributed by atoms with Gasteiger partial charge in [0.25, 0.3) is 5.91 Å². The van der Waals surface area contributed by atoms with E-state index in [4.69, 9.17) is 0 Å². The molecule has 174 valence electrons. The van der Waals surface area contributed by atoms with Crippen LogP contribution in [0.25, 0.3) is 0 Å². The summed E-state index contributed by atoms with van der Waals surface area (Å²) in [7, 11) is 0. The fourth-order valence-electron chi connectivity index (χ4n) is 2.91. The number of amides is 1. The van der Waals surface area contributed by atoms with E-state index in [1.807, 2.05) is 13.8 Å². The molecule has 1 aliphatic heterocycles. The largest absolute Gasteiger partial charge is 0.432 e. The lowest BCUT2D eigenvalue weighted by molar-refractivity contribution is -0.0931. The number of rotatable bonds is 6. The number of nitrogens with zero attached hydrogens (tertiary/aromatic N) is 3. The molecule has 1 unspecified atom stereocenters. The molecule has 0 spiro atoms. The monoisotopic (exact) mass is 457 g/mol. The topological polar surface area (TPSA) is 69.6 Å². The summed E-state index contributed by atoms with van der Waals surface area (Å²) in [5, 5.41) is 3.68. The fraction of sp³-hybridized carbons (Fsp3) is 0.208. The maximum Gasteiger partial charge on any atom is 0.432 e. The molecule has 0 saturated carbocycles.